The van der Waals surface area contributed by atoms with Gasteiger partial charge < -0.3 is 20.5 Å². The number of hydrogen-bond acceptors (Lipinski definition) is 4. The Morgan fingerprint density at radius 1 is 1.45 bits per heavy atom. The highest BCUT2D eigenvalue weighted by atomic mass is 31.1. The minimum atomic E-state index is -1.79. The monoisotopic (exact) mass is 179 g/mol. The van der Waals surface area contributed by atoms with Crippen LogP contribution in [-0.2, 0) is 4.79 Å². The minimum absolute atomic E-state index is 0.0120. The molecule has 0 aromatic rings. The van der Waals surface area contributed by atoms with Gasteiger partial charge in [0.1, 0.15) is 0 Å². The van der Waals surface area contributed by atoms with Gasteiger partial charge in [0, 0.05) is 6.42 Å². The average Bonchev–Trinajstić information content (AvgIpc) is 1.98. The van der Waals surface area contributed by atoms with E-state index < -0.39 is 20.5 Å². The molecule has 0 aliphatic carbocycles. The molecule has 4 N–H and O–H groups in total. The number of aliphatic carboxylic acids is 1. The zero-order chi connectivity index (χ0) is 8.85. The molecule has 0 fully saturated rings. The van der Waals surface area contributed by atoms with Crippen LogP contribution in [0.4, 0.5) is 0 Å². The molecule has 0 aliphatic heterocycles. The van der Waals surface area contributed by atoms with E-state index in [4.69, 9.17) is 20.5 Å². The third kappa shape index (κ3) is 4.84. The van der Waals surface area contributed by atoms with Crippen molar-refractivity contribution < 1.29 is 19.9 Å². The third-order valence-electron chi connectivity index (χ3n) is 1.02. The first-order chi connectivity index (χ1) is 5.07. The Balaban J connectivity index is 3.60. The minimum Gasteiger partial charge on any atom is -0.481 e. The van der Waals surface area contributed by atoms with Gasteiger partial charge in [0.25, 0.3) is 0 Å². The Morgan fingerprint density at radius 3 is 2.36 bits per heavy atom. The number of carboxylic acids is 1. The summed E-state index contributed by atoms with van der Waals surface area (Å²) in [7, 11) is -1.79. The van der Waals surface area contributed by atoms with Crippen LogP contribution in [0.2, 0.25) is 0 Å². The van der Waals surface area contributed by atoms with E-state index in [9.17, 15) is 4.79 Å². The van der Waals surface area contributed by atoms with Crippen molar-refractivity contribution in [3.63, 3.8) is 0 Å². The first kappa shape index (κ1) is 10.5. The lowest BCUT2D eigenvalue weighted by Crippen LogP contribution is -2.02. The van der Waals surface area contributed by atoms with Crippen LogP contribution >= 0.6 is 8.15 Å². The second kappa shape index (κ2) is 5.18. The summed E-state index contributed by atoms with van der Waals surface area (Å²) in [6.07, 6.45) is -0.621. The van der Waals surface area contributed by atoms with Gasteiger partial charge in [-0.15, -0.1) is 0 Å². The number of carbonyl (C=O) groups is 1. The summed E-state index contributed by atoms with van der Waals surface area (Å²) in [5.41, 5.74) is -0.0788. The van der Waals surface area contributed by atoms with E-state index in [-0.39, 0.29) is 18.3 Å². The highest BCUT2D eigenvalue weighted by Crippen LogP contribution is 2.31. The zero-order valence-electron chi connectivity index (χ0n) is 5.82. The van der Waals surface area contributed by atoms with E-state index >= 15 is 0 Å². The molecule has 0 amide bonds. The SMILES string of the molecule is N=C(CCC(=O)O)P(O)CO. The fraction of sp³-hybridized carbons (Fsp3) is 0.600. The molecule has 0 aromatic carbocycles. The van der Waals surface area contributed by atoms with E-state index in [1.54, 1.807) is 0 Å². The quantitative estimate of drug-likeness (QED) is 0.356. The van der Waals surface area contributed by atoms with Gasteiger partial charge in [0.05, 0.1) is 26.4 Å². The van der Waals surface area contributed by atoms with Crippen LogP contribution in [0.15, 0.2) is 0 Å². The first-order valence-corrected chi connectivity index (χ1v) is 4.42. The average molecular weight is 179 g/mol. The van der Waals surface area contributed by atoms with Crippen LogP contribution in [0.1, 0.15) is 12.8 Å². The van der Waals surface area contributed by atoms with Crippen LogP contribution < -0.4 is 0 Å². The molecule has 0 saturated heterocycles. The summed E-state index contributed by atoms with van der Waals surface area (Å²) in [5.74, 6) is -1.00. The third-order valence-corrected chi connectivity index (χ3v) is 2.14. The fourth-order valence-corrected chi connectivity index (χ4v) is 0.980. The zero-order valence-corrected chi connectivity index (χ0v) is 6.71. The lowest BCUT2D eigenvalue weighted by Gasteiger charge is -2.05. The maximum atomic E-state index is 9.98. The van der Waals surface area contributed by atoms with Crippen LogP contribution in [0.5, 0.6) is 0 Å². The summed E-state index contributed by atoms with van der Waals surface area (Å²) in [4.78, 5) is 18.8. The molecule has 11 heavy (non-hydrogen) atoms. The van der Waals surface area contributed by atoms with Crippen molar-refractivity contribution >= 4 is 19.6 Å². The normalized spacial score (nSPS) is 12.5. The van der Waals surface area contributed by atoms with Crippen LogP contribution in [0.3, 0.4) is 0 Å². The molecule has 0 aromatic heterocycles. The lowest BCUT2D eigenvalue weighted by atomic mass is 10.3. The largest absolute Gasteiger partial charge is 0.481 e. The maximum absolute atomic E-state index is 9.98. The Kier molecular flexibility index (Phi) is 4.94. The van der Waals surface area contributed by atoms with Crippen molar-refractivity contribution in [2.45, 2.75) is 12.8 Å². The van der Waals surface area contributed by atoms with Gasteiger partial charge in [-0.25, -0.2) is 0 Å². The van der Waals surface area contributed by atoms with Gasteiger partial charge >= 0.3 is 5.97 Å². The summed E-state index contributed by atoms with van der Waals surface area (Å²) >= 11 is 0. The number of aliphatic hydroxyl groups excluding tert-OH is 1. The number of rotatable bonds is 5. The molecule has 0 spiro atoms. The maximum Gasteiger partial charge on any atom is 0.303 e. The Labute approximate surface area is 65.0 Å². The Bertz CT molecular complexity index is 161. The van der Waals surface area contributed by atoms with Gasteiger partial charge in [-0.05, 0) is 0 Å². The van der Waals surface area contributed by atoms with Crippen molar-refractivity contribution in [2.24, 2.45) is 0 Å². The standard InChI is InChI=1S/C5H10NO4P/c6-4(11(10)3-7)1-2-5(8)9/h6-7,10H,1-3H2,(H,8,9). The lowest BCUT2D eigenvalue weighted by molar-refractivity contribution is -0.136. The van der Waals surface area contributed by atoms with Crippen molar-refractivity contribution in [1.29, 1.82) is 5.41 Å². The predicted octanol–water partition coefficient (Wildman–Crippen LogP) is 0.167. The van der Waals surface area contributed by atoms with Crippen molar-refractivity contribution in [1.82, 2.24) is 0 Å². The number of carboxylic acid groups (broad SMARTS) is 1. The molecule has 0 heterocycles. The highest BCUT2D eigenvalue weighted by Gasteiger charge is 2.10. The van der Waals surface area contributed by atoms with Crippen molar-refractivity contribution in [2.75, 3.05) is 6.35 Å². The summed E-state index contributed by atoms with van der Waals surface area (Å²) < 4.78 is 0. The molecular weight excluding hydrogens is 169 g/mol. The van der Waals surface area contributed by atoms with Crippen molar-refractivity contribution in [3.05, 3.63) is 0 Å². The smallest absolute Gasteiger partial charge is 0.303 e. The van der Waals surface area contributed by atoms with Crippen LogP contribution in [0.25, 0.3) is 0 Å². The topological polar surface area (TPSA) is 102 Å². The summed E-state index contributed by atoms with van der Waals surface area (Å²) in [6, 6.07) is 0. The molecule has 0 bridgehead atoms. The van der Waals surface area contributed by atoms with Gasteiger partial charge in [-0.1, -0.05) is 0 Å². The van der Waals surface area contributed by atoms with E-state index in [1.807, 2.05) is 0 Å². The second-order valence-corrected chi connectivity index (χ2v) is 3.50. The summed E-state index contributed by atoms with van der Waals surface area (Å²) in [5, 5.41) is 23.6. The molecule has 6 heteroatoms. The van der Waals surface area contributed by atoms with Crippen LogP contribution in [-0.4, -0.2) is 32.9 Å². The van der Waals surface area contributed by atoms with E-state index in [0.717, 1.165) is 0 Å². The molecule has 0 saturated carbocycles. The molecule has 64 valence electrons. The van der Waals surface area contributed by atoms with E-state index in [0.29, 0.717) is 0 Å². The Hall–Kier alpha value is -0.510. The fourth-order valence-electron chi connectivity index (χ4n) is 0.440. The van der Waals surface area contributed by atoms with Gasteiger partial charge in [-0.3, -0.25) is 4.79 Å². The molecule has 1 atom stereocenters. The van der Waals surface area contributed by atoms with Gasteiger partial charge in [0.15, 0.2) is 0 Å². The number of aliphatic hydroxyl groups is 1. The molecule has 0 rings (SSSR count). The molecule has 1 unspecified atom stereocenters. The summed E-state index contributed by atoms with van der Waals surface area (Å²) in [6.45, 7) is 0. The molecule has 0 aliphatic rings. The van der Waals surface area contributed by atoms with Crippen LogP contribution in [0, 0.1) is 5.41 Å². The molecule has 0 radical (unpaired) electrons. The van der Waals surface area contributed by atoms with Gasteiger partial charge in [0.2, 0.25) is 0 Å². The second-order valence-electron chi connectivity index (χ2n) is 1.88. The Morgan fingerprint density at radius 2 is 2.00 bits per heavy atom. The molecular formula is C5H10NO4P. The van der Waals surface area contributed by atoms with Crippen molar-refractivity contribution in [3.8, 4) is 0 Å². The number of nitrogens with one attached hydrogen (secondary N) is 1. The highest BCUT2D eigenvalue weighted by molar-refractivity contribution is 7.69. The van der Waals surface area contributed by atoms with E-state index in [2.05, 4.69) is 0 Å². The van der Waals surface area contributed by atoms with E-state index in [1.165, 1.54) is 0 Å². The first-order valence-electron chi connectivity index (χ1n) is 2.94. The van der Waals surface area contributed by atoms with Gasteiger partial charge in [-0.2, -0.15) is 0 Å². The molecule has 5 nitrogen and oxygen atoms in total. The predicted molar refractivity (Wildman–Crippen MR) is 40.8 cm³/mol. The number of hydrogen-bond donors (Lipinski definition) is 4.